The number of allylic oxidation sites excluding steroid dienone is 2. The summed E-state index contributed by atoms with van der Waals surface area (Å²) < 4.78 is 0. The van der Waals surface area contributed by atoms with E-state index in [9.17, 15) is 4.79 Å². The predicted molar refractivity (Wildman–Crippen MR) is 61.6 cm³/mol. The van der Waals surface area contributed by atoms with Gasteiger partial charge in [0, 0.05) is 31.3 Å². The molecule has 0 aromatic heterocycles. The largest absolute Gasteiger partial charge is 0.375 e. The highest BCUT2D eigenvalue weighted by Crippen LogP contribution is 2.22. The Labute approximate surface area is 92.3 Å². The minimum absolute atomic E-state index is 0.324. The van der Waals surface area contributed by atoms with Gasteiger partial charge in [-0.15, -0.1) is 0 Å². The topological polar surface area (TPSA) is 20.3 Å². The van der Waals surface area contributed by atoms with Crippen molar-refractivity contribution in [3.63, 3.8) is 0 Å². The number of ketones is 1. The summed E-state index contributed by atoms with van der Waals surface area (Å²) in [6.45, 7) is 2.33. The molecule has 2 rings (SSSR count). The second-order valence-corrected chi connectivity index (χ2v) is 4.71. The number of rotatable bonds is 1. The summed E-state index contributed by atoms with van der Waals surface area (Å²) in [6.07, 6.45) is 11.7. The van der Waals surface area contributed by atoms with Crippen LogP contribution in [-0.2, 0) is 4.79 Å². The molecule has 0 unspecified atom stereocenters. The Morgan fingerprint density at radius 3 is 2.00 bits per heavy atom. The van der Waals surface area contributed by atoms with E-state index in [1.807, 2.05) is 6.08 Å². The second kappa shape index (κ2) is 5.34. The molecular formula is C13H21NO. The number of nitrogens with zero attached hydrogens (tertiary/aromatic N) is 1. The molecule has 0 saturated carbocycles. The van der Waals surface area contributed by atoms with E-state index in [0.29, 0.717) is 5.78 Å². The van der Waals surface area contributed by atoms with E-state index in [1.54, 1.807) is 0 Å². The number of carbonyl (C=O) groups is 1. The van der Waals surface area contributed by atoms with Crippen molar-refractivity contribution in [1.29, 1.82) is 0 Å². The Bertz CT molecular complexity index is 247. The van der Waals surface area contributed by atoms with Gasteiger partial charge in [-0.25, -0.2) is 0 Å². The van der Waals surface area contributed by atoms with Crippen molar-refractivity contribution in [2.24, 2.45) is 0 Å². The zero-order chi connectivity index (χ0) is 10.5. The summed E-state index contributed by atoms with van der Waals surface area (Å²) in [5, 5.41) is 0. The van der Waals surface area contributed by atoms with Crippen molar-refractivity contribution in [2.45, 2.75) is 51.4 Å². The summed E-state index contributed by atoms with van der Waals surface area (Å²) in [7, 11) is 0. The quantitative estimate of drug-likeness (QED) is 0.659. The van der Waals surface area contributed by atoms with Gasteiger partial charge in [-0.2, -0.15) is 0 Å². The van der Waals surface area contributed by atoms with Crippen LogP contribution in [0.5, 0.6) is 0 Å². The maximum absolute atomic E-state index is 11.2. The molecule has 2 heteroatoms. The van der Waals surface area contributed by atoms with Crippen LogP contribution in [0.3, 0.4) is 0 Å². The highest BCUT2D eigenvalue weighted by molar-refractivity contribution is 5.92. The van der Waals surface area contributed by atoms with Gasteiger partial charge in [0.25, 0.3) is 0 Å². The number of hydrogen-bond acceptors (Lipinski definition) is 2. The summed E-state index contributed by atoms with van der Waals surface area (Å²) in [5.74, 6) is 0.324. The van der Waals surface area contributed by atoms with Gasteiger partial charge in [-0.1, -0.05) is 25.7 Å². The third kappa shape index (κ3) is 3.08. The molecule has 0 aromatic carbocycles. The molecule has 0 N–H and O–H groups in total. The van der Waals surface area contributed by atoms with Gasteiger partial charge in [0.05, 0.1) is 0 Å². The third-order valence-corrected chi connectivity index (χ3v) is 3.47. The van der Waals surface area contributed by atoms with E-state index in [-0.39, 0.29) is 0 Å². The van der Waals surface area contributed by atoms with Gasteiger partial charge in [0.15, 0.2) is 5.78 Å². The van der Waals surface area contributed by atoms with Gasteiger partial charge in [0.1, 0.15) is 0 Å². The Morgan fingerprint density at radius 1 is 0.867 bits per heavy atom. The van der Waals surface area contributed by atoms with Gasteiger partial charge in [-0.05, 0) is 19.3 Å². The molecule has 0 amide bonds. The SMILES string of the molecule is O=C1C=C(N2CCCCCCCC2)CC1. The molecule has 2 aliphatic rings. The molecule has 1 heterocycles. The summed E-state index contributed by atoms with van der Waals surface area (Å²) >= 11 is 0. The first kappa shape index (κ1) is 10.7. The van der Waals surface area contributed by atoms with Crippen molar-refractivity contribution in [1.82, 2.24) is 4.90 Å². The van der Waals surface area contributed by atoms with Crippen molar-refractivity contribution in [3.8, 4) is 0 Å². The molecular weight excluding hydrogens is 186 g/mol. The summed E-state index contributed by atoms with van der Waals surface area (Å²) in [5.41, 5.74) is 1.31. The van der Waals surface area contributed by atoms with E-state index in [0.717, 1.165) is 12.8 Å². The first-order chi connectivity index (χ1) is 7.36. The Kier molecular flexibility index (Phi) is 3.81. The molecule has 1 aliphatic carbocycles. The van der Waals surface area contributed by atoms with Crippen LogP contribution in [-0.4, -0.2) is 23.8 Å². The first-order valence-electron chi connectivity index (χ1n) is 6.34. The third-order valence-electron chi connectivity index (χ3n) is 3.47. The molecule has 0 aromatic rings. The van der Waals surface area contributed by atoms with E-state index >= 15 is 0 Å². The normalized spacial score (nSPS) is 24.4. The molecule has 0 bridgehead atoms. The second-order valence-electron chi connectivity index (χ2n) is 4.71. The van der Waals surface area contributed by atoms with Gasteiger partial charge in [-0.3, -0.25) is 4.79 Å². The maximum Gasteiger partial charge on any atom is 0.157 e. The van der Waals surface area contributed by atoms with Gasteiger partial charge < -0.3 is 4.90 Å². The van der Waals surface area contributed by atoms with Gasteiger partial charge in [0.2, 0.25) is 0 Å². The fourth-order valence-corrected chi connectivity index (χ4v) is 2.54. The average molecular weight is 207 g/mol. The van der Waals surface area contributed by atoms with Crippen molar-refractivity contribution >= 4 is 5.78 Å². The molecule has 1 fully saturated rings. The maximum atomic E-state index is 11.2. The lowest BCUT2D eigenvalue weighted by atomic mass is 10.1. The summed E-state index contributed by atoms with van der Waals surface area (Å²) in [6, 6.07) is 0. The minimum atomic E-state index is 0.324. The monoisotopic (exact) mass is 207 g/mol. The fourth-order valence-electron chi connectivity index (χ4n) is 2.54. The van der Waals surface area contributed by atoms with Crippen LogP contribution >= 0.6 is 0 Å². The Balaban J connectivity index is 1.93. The molecule has 15 heavy (non-hydrogen) atoms. The fraction of sp³-hybridized carbons (Fsp3) is 0.769. The van der Waals surface area contributed by atoms with Crippen LogP contribution in [0.4, 0.5) is 0 Å². The lowest BCUT2D eigenvalue weighted by Gasteiger charge is -2.25. The molecule has 1 saturated heterocycles. The van der Waals surface area contributed by atoms with Crippen LogP contribution in [0.15, 0.2) is 11.8 Å². The Hall–Kier alpha value is -0.790. The van der Waals surface area contributed by atoms with Crippen LogP contribution in [0.2, 0.25) is 0 Å². The number of hydrogen-bond donors (Lipinski definition) is 0. The van der Waals surface area contributed by atoms with E-state index in [4.69, 9.17) is 0 Å². The van der Waals surface area contributed by atoms with Crippen molar-refractivity contribution < 1.29 is 4.79 Å². The smallest absolute Gasteiger partial charge is 0.157 e. The molecule has 84 valence electrons. The zero-order valence-electron chi connectivity index (χ0n) is 9.50. The van der Waals surface area contributed by atoms with Crippen LogP contribution in [0, 0.1) is 0 Å². The highest BCUT2D eigenvalue weighted by Gasteiger charge is 2.17. The minimum Gasteiger partial charge on any atom is -0.375 e. The van der Waals surface area contributed by atoms with Crippen molar-refractivity contribution in [3.05, 3.63) is 11.8 Å². The first-order valence-corrected chi connectivity index (χ1v) is 6.34. The zero-order valence-corrected chi connectivity index (χ0v) is 9.50. The predicted octanol–water partition coefficient (Wildman–Crippen LogP) is 2.89. The Morgan fingerprint density at radius 2 is 1.47 bits per heavy atom. The number of carbonyl (C=O) groups excluding carboxylic acids is 1. The average Bonchev–Trinajstić information content (AvgIpc) is 2.69. The van der Waals surface area contributed by atoms with E-state index in [1.165, 1.54) is 57.3 Å². The molecule has 2 nitrogen and oxygen atoms in total. The van der Waals surface area contributed by atoms with Crippen LogP contribution in [0.1, 0.15) is 51.4 Å². The lowest BCUT2D eigenvalue weighted by Crippen LogP contribution is -2.24. The summed E-state index contributed by atoms with van der Waals surface area (Å²) in [4.78, 5) is 13.7. The van der Waals surface area contributed by atoms with Crippen LogP contribution < -0.4 is 0 Å². The lowest BCUT2D eigenvalue weighted by molar-refractivity contribution is -0.114. The van der Waals surface area contributed by atoms with E-state index in [2.05, 4.69) is 4.90 Å². The molecule has 0 atom stereocenters. The molecule has 1 aliphatic heterocycles. The van der Waals surface area contributed by atoms with Crippen molar-refractivity contribution in [2.75, 3.05) is 13.1 Å². The highest BCUT2D eigenvalue weighted by atomic mass is 16.1. The molecule has 0 radical (unpaired) electrons. The van der Waals surface area contributed by atoms with Crippen LogP contribution in [0.25, 0.3) is 0 Å². The molecule has 0 spiro atoms. The van der Waals surface area contributed by atoms with E-state index < -0.39 is 0 Å². The van der Waals surface area contributed by atoms with Gasteiger partial charge >= 0.3 is 0 Å². The standard InChI is InChI=1S/C13H21NO/c15-13-8-7-12(11-13)14-9-5-3-1-2-4-6-10-14/h11H,1-10H2.